The molecule has 0 aliphatic carbocycles. The SMILES string of the molecule is NC(=O)c1cnc(N2CCC(=O)CC2)s1. The molecule has 0 unspecified atom stereocenters. The van der Waals surface area contributed by atoms with E-state index in [9.17, 15) is 9.59 Å². The van der Waals surface area contributed by atoms with Crippen molar-refractivity contribution in [2.45, 2.75) is 12.8 Å². The summed E-state index contributed by atoms with van der Waals surface area (Å²) in [6.07, 6.45) is 2.61. The number of carbonyl (C=O) groups excluding carboxylic acids is 2. The molecule has 15 heavy (non-hydrogen) atoms. The Morgan fingerprint density at radius 2 is 2.13 bits per heavy atom. The van der Waals surface area contributed by atoms with E-state index in [2.05, 4.69) is 4.98 Å². The first-order chi connectivity index (χ1) is 7.16. The predicted octanol–water partition coefficient (Wildman–Crippen LogP) is 0.411. The number of hydrogen-bond donors (Lipinski definition) is 1. The van der Waals surface area contributed by atoms with Crippen LogP contribution in [0.3, 0.4) is 0 Å². The molecule has 80 valence electrons. The van der Waals surface area contributed by atoms with Gasteiger partial charge in [-0.25, -0.2) is 4.98 Å². The summed E-state index contributed by atoms with van der Waals surface area (Å²) >= 11 is 1.28. The van der Waals surface area contributed by atoms with Gasteiger partial charge in [0.1, 0.15) is 10.7 Å². The Morgan fingerprint density at radius 1 is 1.47 bits per heavy atom. The molecule has 0 bridgehead atoms. The zero-order chi connectivity index (χ0) is 10.8. The minimum atomic E-state index is -0.452. The molecule has 5 nitrogen and oxygen atoms in total. The highest BCUT2D eigenvalue weighted by Gasteiger charge is 2.19. The summed E-state index contributed by atoms with van der Waals surface area (Å²) in [7, 11) is 0. The summed E-state index contributed by atoms with van der Waals surface area (Å²) in [6, 6.07) is 0. The quantitative estimate of drug-likeness (QED) is 0.791. The number of carbonyl (C=O) groups is 2. The maximum atomic E-state index is 11.0. The molecule has 2 heterocycles. The number of Topliss-reactive ketones (excluding diaryl/α,β-unsaturated/α-hetero) is 1. The van der Waals surface area contributed by atoms with Crippen LogP contribution in [0.25, 0.3) is 0 Å². The van der Waals surface area contributed by atoms with E-state index in [1.54, 1.807) is 0 Å². The van der Waals surface area contributed by atoms with Gasteiger partial charge in [0.2, 0.25) is 0 Å². The van der Waals surface area contributed by atoms with Crippen molar-refractivity contribution in [1.82, 2.24) is 4.98 Å². The van der Waals surface area contributed by atoms with Crippen molar-refractivity contribution in [3.63, 3.8) is 0 Å². The summed E-state index contributed by atoms with van der Waals surface area (Å²) in [5, 5.41) is 0.774. The van der Waals surface area contributed by atoms with Gasteiger partial charge < -0.3 is 10.6 Å². The Morgan fingerprint density at radius 3 is 2.67 bits per heavy atom. The number of amides is 1. The average Bonchev–Trinajstić information content (AvgIpc) is 2.68. The molecule has 1 aliphatic rings. The lowest BCUT2D eigenvalue weighted by Crippen LogP contribution is -2.33. The van der Waals surface area contributed by atoms with Crippen molar-refractivity contribution in [1.29, 1.82) is 0 Å². The van der Waals surface area contributed by atoms with E-state index >= 15 is 0 Å². The molecule has 6 heteroatoms. The lowest BCUT2D eigenvalue weighted by atomic mass is 10.1. The first-order valence-corrected chi connectivity index (χ1v) is 5.51. The standard InChI is InChI=1S/C9H11N3O2S/c10-8(14)7-5-11-9(15-7)12-3-1-6(13)2-4-12/h5H,1-4H2,(H2,10,14). The fourth-order valence-corrected chi connectivity index (χ4v) is 2.29. The summed E-state index contributed by atoms with van der Waals surface area (Å²) in [4.78, 5) is 28.5. The molecule has 1 amide bonds. The normalized spacial score (nSPS) is 16.8. The highest BCUT2D eigenvalue weighted by molar-refractivity contribution is 7.17. The predicted molar refractivity (Wildman–Crippen MR) is 57.1 cm³/mol. The summed E-state index contributed by atoms with van der Waals surface area (Å²) < 4.78 is 0. The first kappa shape index (κ1) is 10.1. The Hall–Kier alpha value is -1.43. The fraction of sp³-hybridized carbons (Fsp3) is 0.444. The van der Waals surface area contributed by atoms with Crippen LogP contribution in [-0.2, 0) is 4.79 Å². The first-order valence-electron chi connectivity index (χ1n) is 4.69. The maximum absolute atomic E-state index is 11.0. The molecular weight excluding hydrogens is 214 g/mol. The topological polar surface area (TPSA) is 76.3 Å². The van der Waals surface area contributed by atoms with Crippen LogP contribution < -0.4 is 10.6 Å². The molecule has 0 saturated carbocycles. The van der Waals surface area contributed by atoms with E-state index in [-0.39, 0.29) is 5.78 Å². The van der Waals surface area contributed by atoms with Gasteiger partial charge in [-0.2, -0.15) is 0 Å². The van der Waals surface area contributed by atoms with E-state index in [0.29, 0.717) is 30.8 Å². The van der Waals surface area contributed by atoms with E-state index in [1.165, 1.54) is 17.5 Å². The Bertz CT molecular complexity index is 392. The minimum Gasteiger partial charge on any atom is -0.365 e. The maximum Gasteiger partial charge on any atom is 0.260 e. The number of hydrogen-bond acceptors (Lipinski definition) is 5. The second-order valence-corrected chi connectivity index (χ2v) is 4.41. The molecule has 1 saturated heterocycles. The Balaban J connectivity index is 2.09. The molecule has 1 fully saturated rings. The van der Waals surface area contributed by atoms with Crippen molar-refractivity contribution < 1.29 is 9.59 Å². The monoisotopic (exact) mass is 225 g/mol. The number of aromatic nitrogens is 1. The third kappa shape index (κ3) is 2.15. The lowest BCUT2D eigenvalue weighted by molar-refractivity contribution is -0.119. The van der Waals surface area contributed by atoms with Gasteiger partial charge in [0, 0.05) is 25.9 Å². The average molecular weight is 225 g/mol. The summed E-state index contributed by atoms with van der Waals surface area (Å²) in [5.74, 6) is -0.162. The summed E-state index contributed by atoms with van der Waals surface area (Å²) in [6.45, 7) is 1.37. The van der Waals surface area contributed by atoms with Gasteiger partial charge in [0.05, 0.1) is 6.20 Å². The highest BCUT2D eigenvalue weighted by atomic mass is 32.1. The molecule has 0 radical (unpaired) electrons. The molecular formula is C9H11N3O2S. The largest absolute Gasteiger partial charge is 0.365 e. The second-order valence-electron chi connectivity index (χ2n) is 3.40. The number of thiazole rings is 1. The van der Waals surface area contributed by atoms with Gasteiger partial charge >= 0.3 is 0 Å². The zero-order valence-electron chi connectivity index (χ0n) is 8.10. The van der Waals surface area contributed by atoms with E-state index in [1.807, 2.05) is 4.90 Å². The molecule has 0 atom stereocenters. The van der Waals surface area contributed by atoms with Gasteiger partial charge in [-0.1, -0.05) is 11.3 Å². The van der Waals surface area contributed by atoms with Crippen molar-refractivity contribution >= 4 is 28.2 Å². The van der Waals surface area contributed by atoms with E-state index < -0.39 is 5.91 Å². The number of ketones is 1. The number of nitrogens with zero attached hydrogens (tertiary/aromatic N) is 2. The number of piperidine rings is 1. The van der Waals surface area contributed by atoms with Crippen LogP contribution in [0.1, 0.15) is 22.5 Å². The number of rotatable bonds is 2. The van der Waals surface area contributed by atoms with Crippen LogP contribution in [-0.4, -0.2) is 29.8 Å². The van der Waals surface area contributed by atoms with Crippen molar-refractivity contribution in [3.8, 4) is 0 Å². The Labute approximate surface area is 90.9 Å². The molecule has 1 aromatic heterocycles. The molecule has 0 aromatic carbocycles. The van der Waals surface area contributed by atoms with Gasteiger partial charge in [0.15, 0.2) is 5.13 Å². The van der Waals surface area contributed by atoms with Gasteiger partial charge in [-0.05, 0) is 0 Å². The van der Waals surface area contributed by atoms with Crippen LogP contribution in [0.4, 0.5) is 5.13 Å². The van der Waals surface area contributed by atoms with Crippen LogP contribution in [0.5, 0.6) is 0 Å². The molecule has 0 spiro atoms. The molecule has 1 aromatic rings. The molecule has 2 rings (SSSR count). The van der Waals surface area contributed by atoms with Crippen molar-refractivity contribution in [2.75, 3.05) is 18.0 Å². The smallest absolute Gasteiger partial charge is 0.260 e. The number of primary amides is 1. The number of nitrogens with two attached hydrogens (primary N) is 1. The number of anilines is 1. The van der Waals surface area contributed by atoms with Gasteiger partial charge in [-0.3, -0.25) is 9.59 Å². The third-order valence-electron chi connectivity index (χ3n) is 2.33. The molecule has 1 aliphatic heterocycles. The minimum absolute atomic E-state index is 0.290. The van der Waals surface area contributed by atoms with Crippen molar-refractivity contribution in [2.24, 2.45) is 5.73 Å². The highest BCUT2D eigenvalue weighted by Crippen LogP contribution is 2.24. The van der Waals surface area contributed by atoms with Crippen LogP contribution in [0, 0.1) is 0 Å². The summed E-state index contributed by atoms with van der Waals surface area (Å²) in [5.41, 5.74) is 5.14. The fourth-order valence-electron chi connectivity index (χ4n) is 1.47. The Kier molecular flexibility index (Phi) is 2.68. The second kappa shape index (κ2) is 3.98. The van der Waals surface area contributed by atoms with Crippen LogP contribution >= 0.6 is 11.3 Å². The van der Waals surface area contributed by atoms with E-state index in [4.69, 9.17) is 5.73 Å². The van der Waals surface area contributed by atoms with Crippen LogP contribution in [0.2, 0.25) is 0 Å². The van der Waals surface area contributed by atoms with E-state index in [0.717, 1.165) is 5.13 Å². The van der Waals surface area contributed by atoms with Gasteiger partial charge in [-0.15, -0.1) is 0 Å². The third-order valence-corrected chi connectivity index (χ3v) is 3.40. The zero-order valence-corrected chi connectivity index (χ0v) is 8.92. The lowest BCUT2D eigenvalue weighted by Gasteiger charge is -2.25. The van der Waals surface area contributed by atoms with Gasteiger partial charge in [0.25, 0.3) is 5.91 Å². The van der Waals surface area contributed by atoms with Crippen LogP contribution in [0.15, 0.2) is 6.20 Å². The van der Waals surface area contributed by atoms with Crippen molar-refractivity contribution in [3.05, 3.63) is 11.1 Å². The molecule has 2 N–H and O–H groups in total.